The Bertz CT molecular complexity index is 2630. The lowest BCUT2D eigenvalue weighted by atomic mass is 10.1. The van der Waals surface area contributed by atoms with Crippen molar-refractivity contribution in [2.45, 2.75) is 0 Å². The molecule has 0 spiro atoms. The standard InChI is InChI=1S/2C21H12N2O7/c2*24-19-17-9-4-12(21(26)27)10-18(17)20(25)22(19)14-2-1-3-16(11-14)30-15-7-5-13(6-8-15)23(28)29/h2*1-11H,(H,26,27). The molecular formula is C42H24N4O14. The summed E-state index contributed by atoms with van der Waals surface area (Å²) in [7, 11) is 0. The van der Waals surface area contributed by atoms with Crippen LogP contribution in [0.5, 0.6) is 23.0 Å². The molecule has 0 aliphatic carbocycles. The van der Waals surface area contributed by atoms with E-state index < -0.39 is 45.4 Å². The van der Waals surface area contributed by atoms with Crippen LogP contribution in [0.3, 0.4) is 0 Å². The van der Waals surface area contributed by atoms with Crippen molar-refractivity contribution in [1.82, 2.24) is 0 Å². The summed E-state index contributed by atoms with van der Waals surface area (Å²) in [6, 6.07) is 30.8. The summed E-state index contributed by atoms with van der Waals surface area (Å²) in [6.45, 7) is 0. The van der Waals surface area contributed by atoms with E-state index in [4.69, 9.17) is 19.7 Å². The van der Waals surface area contributed by atoms with Gasteiger partial charge in [-0.05, 0) is 84.9 Å². The molecular weight excluding hydrogens is 784 g/mol. The normalized spacial score (nSPS) is 12.6. The Balaban J connectivity index is 0.000000181. The molecule has 0 bridgehead atoms. The fraction of sp³-hybridized carbons (Fsp3) is 0. The molecule has 0 saturated heterocycles. The van der Waals surface area contributed by atoms with Crippen molar-refractivity contribution in [3.63, 3.8) is 0 Å². The first-order valence-corrected chi connectivity index (χ1v) is 17.3. The number of nitro groups is 2. The second-order valence-electron chi connectivity index (χ2n) is 12.7. The number of anilines is 2. The molecule has 2 aliphatic heterocycles. The minimum Gasteiger partial charge on any atom is -0.478 e. The fourth-order valence-electron chi connectivity index (χ4n) is 6.13. The van der Waals surface area contributed by atoms with Gasteiger partial charge in [-0.1, -0.05) is 12.1 Å². The first-order valence-electron chi connectivity index (χ1n) is 17.3. The number of ether oxygens (including phenoxy) is 2. The SMILES string of the molecule is O=C(O)c1ccc2c(c1)C(=O)N(c1cccc(Oc3ccc([N+](=O)[O-])cc3)c1)C2=O.O=C(O)c1ccc2c(c1)C(=O)N(c1cccc(Oc3ccc([N+](=O)[O-])cc3)c1)C2=O. The van der Waals surface area contributed by atoms with Crippen molar-refractivity contribution in [2.24, 2.45) is 0 Å². The topological polar surface area (TPSA) is 254 Å². The van der Waals surface area contributed by atoms with Crippen LogP contribution in [0.1, 0.15) is 62.1 Å². The van der Waals surface area contributed by atoms with Gasteiger partial charge >= 0.3 is 11.9 Å². The highest BCUT2D eigenvalue weighted by atomic mass is 16.6. The number of fused-ring (bicyclic) bond motifs is 2. The van der Waals surface area contributed by atoms with Crippen LogP contribution in [-0.4, -0.2) is 55.6 Å². The maximum atomic E-state index is 12.8. The summed E-state index contributed by atoms with van der Waals surface area (Å²) in [5, 5.41) is 39.7. The number of carboxylic acids is 2. The largest absolute Gasteiger partial charge is 0.478 e. The van der Waals surface area contributed by atoms with E-state index in [1.165, 1.54) is 97.1 Å². The zero-order valence-corrected chi connectivity index (χ0v) is 30.3. The number of hydrogen-bond acceptors (Lipinski definition) is 12. The highest BCUT2D eigenvalue weighted by molar-refractivity contribution is 6.35. The van der Waals surface area contributed by atoms with Crippen LogP contribution in [0.2, 0.25) is 0 Å². The van der Waals surface area contributed by atoms with E-state index in [0.29, 0.717) is 23.0 Å². The van der Waals surface area contributed by atoms with Gasteiger partial charge in [-0.3, -0.25) is 39.4 Å². The van der Waals surface area contributed by atoms with Crippen LogP contribution in [0, 0.1) is 20.2 Å². The van der Waals surface area contributed by atoms with Crippen molar-refractivity contribution >= 4 is 58.3 Å². The minimum absolute atomic E-state index is 0.0154. The predicted octanol–water partition coefficient (Wildman–Crippen LogP) is 7.77. The molecule has 0 radical (unpaired) electrons. The lowest BCUT2D eigenvalue weighted by Gasteiger charge is -2.15. The van der Waals surface area contributed by atoms with Crippen LogP contribution < -0.4 is 19.3 Å². The molecule has 4 amide bonds. The van der Waals surface area contributed by atoms with Crippen molar-refractivity contribution < 1.29 is 58.3 Å². The first-order chi connectivity index (χ1) is 28.7. The number of rotatable bonds is 10. The molecule has 60 heavy (non-hydrogen) atoms. The maximum Gasteiger partial charge on any atom is 0.335 e. The quantitative estimate of drug-likeness (QED) is 0.0762. The number of nitrogens with zero attached hydrogens (tertiary/aromatic N) is 4. The van der Waals surface area contributed by atoms with Crippen LogP contribution in [-0.2, 0) is 0 Å². The lowest BCUT2D eigenvalue weighted by molar-refractivity contribution is -0.385. The Morgan fingerprint density at radius 1 is 0.450 bits per heavy atom. The number of imide groups is 2. The molecule has 0 aromatic heterocycles. The Hall–Kier alpha value is -9.06. The molecule has 6 aromatic rings. The number of aromatic carboxylic acids is 2. The number of carbonyl (C=O) groups excluding carboxylic acids is 4. The van der Waals surface area contributed by atoms with E-state index in [-0.39, 0.29) is 56.1 Å². The highest BCUT2D eigenvalue weighted by Gasteiger charge is 2.38. The molecule has 18 heteroatoms. The third-order valence-corrected chi connectivity index (χ3v) is 8.99. The number of benzene rings is 6. The van der Waals surface area contributed by atoms with Gasteiger partial charge in [-0.25, -0.2) is 19.4 Å². The summed E-state index contributed by atoms with van der Waals surface area (Å²) in [6.07, 6.45) is 0. The van der Waals surface area contributed by atoms with Crippen LogP contribution in [0.25, 0.3) is 0 Å². The average Bonchev–Trinajstić information content (AvgIpc) is 3.64. The smallest absolute Gasteiger partial charge is 0.335 e. The number of carbonyl (C=O) groups is 6. The molecule has 2 N–H and O–H groups in total. The average molecular weight is 809 g/mol. The van der Waals surface area contributed by atoms with E-state index in [9.17, 15) is 49.0 Å². The summed E-state index contributed by atoms with van der Waals surface area (Å²) >= 11 is 0. The van der Waals surface area contributed by atoms with Crippen LogP contribution >= 0.6 is 0 Å². The minimum atomic E-state index is -1.20. The number of hydrogen-bond donors (Lipinski definition) is 2. The maximum absolute atomic E-state index is 12.8. The van der Waals surface area contributed by atoms with Gasteiger partial charge in [0, 0.05) is 36.4 Å². The summed E-state index contributed by atoms with van der Waals surface area (Å²) < 4.78 is 11.3. The Labute approximate surface area is 336 Å². The summed E-state index contributed by atoms with van der Waals surface area (Å²) in [5.74, 6) is -3.51. The molecule has 0 unspecified atom stereocenters. The van der Waals surface area contributed by atoms with Crippen molar-refractivity contribution in [3.8, 4) is 23.0 Å². The molecule has 2 heterocycles. The molecule has 296 valence electrons. The molecule has 6 aromatic carbocycles. The number of nitro benzene ring substituents is 2. The third-order valence-electron chi connectivity index (χ3n) is 8.99. The lowest BCUT2D eigenvalue weighted by Crippen LogP contribution is -2.29. The van der Waals surface area contributed by atoms with Crippen molar-refractivity contribution in [3.05, 3.63) is 187 Å². The van der Waals surface area contributed by atoms with E-state index >= 15 is 0 Å². The van der Waals surface area contributed by atoms with E-state index in [1.807, 2.05) is 0 Å². The summed E-state index contributed by atoms with van der Waals surface area (Å²) in [5.41, 5.74) is 0.418. The molecule has 18 nitrogen and oxygen atoms in total. The van der Waals surface area contributed by atoms with Gasteiger partial charge in [0.25, 0.3) is 35.0 Å². The van der Waals surface area contributed by atoms with E-state index in [0.717, 1.165) is 9.80 Å². The number of carboxylic acid groups (broad SMARTS) is 2. The number of non-ortho nitro benzene ring substituents is 2. The van der Waals surface area contributed by atoms with Crippen molar-refractivity contribution in [1.29, 1.82) is 0 Å². The van der Waals surface area contributed by atoms with Crippen LogP contribution in [0.15, 0.2) is 133 Å². The molecule has 0 fully saturated rings. The van der Waals surface area contributed by atoms with E-state index in [2.05, 4.69) is 0 Å². The van der Waals surface area contributed by atoms with Gasteiger partial charge in [-0.15, -0.1) is 0 Å². The zero-order chi connectivity index (χ0) is 42.8. The second-order valence-corrected chi connectivity index (χ2v) is 12.7. The zero-order valence-electron chi connectivity index (χ0n) is 30.3. The Morgan fingerprint density at radius 3 is 1.13 bits per heavy atom. The molecule has 0 atom stereocenters. The highest BCUT2D eigenvalue weighted by Crippen LogP contribution is 2.35. The van der Waals surface area contributed by atoms with Gasteiger partial charge in [0.15, 0.2) is 0 Å². The van der Waals surface area contributed by atoms with E-state index in [1.54, 1.807) is 36.4 Å². The van der Waals surface area contributed by atoms with Gasteiger partial charge in [0.2, 0.25) is 0 Å². The van der Waals surface area contributed by atoms with Gasteiger partial charge in [0.05, 0.1) is 54.6 Å². The molecule has 0 saturated carbocycles. The second kappa shape index (κ2) is 15.8. The van der Waals surface area contributed by atoms with Gasteiger partial charge < -0.3 is 19.7 Å². The number of amides is 4. The van der Waals surface area contributed by atoms with Crippen molar-refractivity contribution in [2.75, 3.05) is 9.80 Å². The Morgan fingerprint density at radius 2 is 0.800 bits per heavy atom. The molecule has 8 rings (SSSR count). The third kappa shape index (κ3) is 7.69. The van der Waals surface area contributed by atoms with Gasteiger partial charge in [-0.2, -0.15) is 0 Å². The summed E-state index contributed by atoms with van der Waals surface area (Å²) in [4.78, 5) is 95.6. The Kier molecular flexibility index (Phi) is 10.3. The monoisotopic (exact) mass is 808 g/mol. The first kappa shape index (κ1) is 39.2. The predicted molar refractivity (Wildman–Crippen MR) is 208 cm³/mol. The van der Waals surface area contributed by atoms with Gasteiger partial charge in [0.1, 0.15) is 23.0 Å². The molecule has 2 aliphatic rings. The fourth-order valence-corrected chi connectivity index (χ4v) is 6.13. The van der Waals surface area contributed by atoms with Crippen LogP contribution in [0.4, 0.5) is 22.7 Å².